The van der Waals surface area contributed by atoms with E-state index in [1.165, 1.54) is 12.1 Å². The maximum absolute atomic E-state index is 14.4. The Morgan fingerprint density at radius 3 is 2.72 bits per heavy atom. The lowest BCUT2D eigenvalue weighted by molar-refractivity contribution is 0.253. The quantitative estimate of drug-likeness (QED) is 0.685. The number of pyridine rings is 1. The number of benzene rings is 1. The number of rotatable bonds is 6. The molecular weight excluding hydrogens is 326 g/mol. The SMILES string of the molecule is CCc1nc(CN(C)[C@@H](c2cccnc2)c2ccc(F)cc2F)no1. The minimum atomic E-state index is -0.611. The van der Waals surface area contributed by atoms with Crippen molar-refractivity contribution in [2.75, 3.05) is 7.05 Å². The molecule has 0 bridgehead atoms. The summed E-state index contributed by atoms with van der Waals surface area (Å²) < 4.78 is 32.8. The van der Waals surface area contributed by atoms with Crippen LogP contribution in [-0.2, 0) is 13.0 Å². The number of aryl methyl sites for hydroxylation is 1. The summed E-state index contributed by atoms with van der Waals surface area (Å²) in [6.07, 6.45) is 3.96. The van der Waals surface area contributed by atoms with Gasteiger partial charge < -0.3 is 4.52 Å². The molecule has 25 heavy (non-hydrogen) atoms. The first-order valence-corrected chi connectivity index (χ1v) is 7.95. The van der Waals surface area contributed by atoms with Crippen molar-refractivity contribution in [2.45, 2.75) is 25.9 Å². The summed E-state index contributed by atoms with van der Waals surface area (Å²) in [7, 11) is 1.82. The second kappa shape index (κ2) is 7.48. The molecule has 1 atom stereocenters. The Morgan fingerprint density at radius 1 is 1.24 bits per heavy atom. The molecule has 0 radical (unpaired) electrons. The minimum Gasteiger partial charge on any atom is -0.339 e. The highest BCUT2D eigenvalue weighted by Crippen LogP contribution is 2.30. The van der Waals surface area contributed by atoms with Gasteiger partial charge in [0.25, 0.3) is 0 Å². The Bertz CT molecular complexity index is 838. The van der Waals surface area contributed by atoms with Crippen LogP contribution in [0.25, 0.3) is 0 Å². The van der Waals surface area contributed by atoms with Gasteiger partial charge in [0, 0.05) is 30.4 Å². The van der Waals surface area contributed by atoms with Gasteiger partial charge in [0.05, 0.1) is 12.6 Å². The lowest BCUT2D eigenvalue weighted by Gasteiger charge is -2.28. The molecule has 0 unspecified atom stereocenters. The van der Waals surface area contributed by atoms with Crippen LogP contribution in [0.1, 0.15) is 35.8 Å². The predicted octanol–water partition coefficient (Wildman–Crippen LogP) is 3.53. The van der Waals surface area contributed by atoms with E-state index in [0.29, 0.717) is 30.2 Å². The Kier molecular flexibility index (Phi) is 5.14. The van der Waals surface area contributed by atoms with E-state index in [-0.39, 0.29) is 0 Å². The summed E-state index contributed by atoms with van der Waals surface area (Å²) in [4.78, 5) is 10.3. The minimum absolute atomic E-state index is 0.347. The van der Waals surface area contributed by atoms with Gasteiger partial charge in [0.2, 0.25) is 5.89 Å². The molecule has 0 aliphatic rings. The third kappa shape index (κ3) is 3.88. The Hall–Kier alpha value is -2.67. The fraction of sp³-hybridized carbons (Fsp3) is 0.278. The zero-order valence-electron chi connectivity index (χ0n) is 14.0. The van der Waals surface area contributed by atoms with Crippen LogP contribution < -0.4 is 0 Å². The predicted molar refractivity (Wildman–Crippen MR) is 87.6 cm³/mol. The Morgan fingerprint density at radius 2 is 2.08 bits per heavy atom. The molecule has 0 saturated carbocycles. The molecule has 1 aromatic carbocycles. The molecule has 0 aliphatic carbocycles. The molecular formula is C18H18F2N4O. The Labute approximate surface area is 144 Å². The van der Waals surface area contributed by atoms with Crippen LogP contribution >= 0.6 is 0 Å². The van der Waals surface area contributed by atoms with Crippen LogP contribution in [0.5, 0.6) is 0 Å². The van der Waals surface area contributed by atoms with E-state index in [0.717, 1.165) is 11.6 Å². The molecule has 3 aromatic rings. The van der Waals surface area contributed by atoms with E-state index in [9.17, 15) is 8.78 Å². The zero-order chi connectivity index (χ0) is 17.8. The summed E-state index contributed by atoms with van der Waals surface area (Å²) in [5, 5.41) is 3.94. The molecule has 0 N–H and O–H groups in total. The summed E-state index contributed by atoms with van der Waals surface area (Å²) in [6, 6.07) is 6.76. The first kappa shape index (κ1) is 17.2. The number of hydrogen-bond donors (Lipinski definition) is 0. The maximum Gasteiger partial charge on any atom is 0.226 e. The molecule has 2 aromatic heterocycles. The highest BCUT2D eigenvalue weighted by atomic mass is 19.1. The van der Waals surface area contributed by atoms with Crippen LogP contribution in [0.3, 0.4) is 0 Å². The van der Waals surface area contributed by atoms with E-state index >= 15 is 0 Å². The van der Waals surface area contributed by atoms with Crippen LogP contribution in [0, 0.1) is 11.6 Å². The lowest BCUT2D eigenvalue weighted by Crippen LogP contribution is -2.26. The molecule has 3 rings (SSSR count). The third-order valence-corrected chi connectivity index (χ3v) is 3.90. The van der Waals surface area contributed by atoms with Gasteiger partial charge in [-0.15, -0.1) is 0 Å². The molecule has 7 heteroatoms. The fourth-order valence-electron chi connectivity index (χ4n) is 2.74. The van der Waals surface area contributed by atoms with Gasteiger partial charge in [-0.3, -0.25) is 9.88 Å². The number of nitrogens with zero attached hydrogens (tertiary/aromatic N) is 4. The van der Waals surface area contributed by atoms with Gasteiger partial charge in [-0.05, 0) is 24.7 Å². The summed E-state index contributed by atoms with van der Waals surface area (Å²) in [5.74, 6) is -0.160. The summed E-state index contributed by atoms with van der Waals surface area (Å²) >= 11 is 0. The van der Waals surface area contributed by atoms with Crippen molar-refractivity contribution >= 4 is 0 Å². The average Bonchev–Trinajstić information content (AvgIpc) is 3.05. The van der Waals surface area contributed by atoms with Crippen LogP contribution in [0.2, 0.25) is 0 Å². The average molecular weight is 344 g/mol. The zero-order valence-corrected chi connectivity index (χ0v) is 14.0. The van der Waals surface area contributed by atoms with E-state index < -0.39 is 17.7 Å². The van der Waals surface area contributed by atoms with Crippen molar-refractivity contribution in [3.8, 4) is 0 Å². The van der Waals surface area contributed by atoms with E-state index in [1.807, 2.05) is 24.9 Å². The fourth-order valence-corrected chi connectivity index (χ4v) is 2.74. The second-order valence-corrected chi connectivity index (χ2v) is 5.73. The van der Waals surface area contributed by atoms with Gasteiger partial charge in [-0.1, -0.05) is 24.2 Å². The molecule has 0 spiro atoms. The van der Waals surface area contributed by atoms with Gasteiger partial charge >= 0.3 is 0 Å². The normalized spacial score (nSPS) is 12.5. The van der Waals surface area contributed by atoms with Crippen molar-refractivity contribution in [1.29, 1.82) is 0 Å². The van der Waals surface area contributed by atoms with Crippen molar-refractivity contribution in [2.24, 2.45) is 0 Å². The lowest BCUT2D eigenvalue weighted by atomic mass is 9.98. The van der Waals surface area contributed by atoms with E-state index in [1.54, 1.807) is 18.5 Å². The number of halogens is 2. The van der Waals surface area contributed by atoms with Crippen molar-refractivity contribution in [1.82, 2.24) is 20.0 Å². The van der Waals surface area contributed by atoms with Gasteiger partial charge in [0.1, 0.15) is 11.6 Å². The van der Waals surface area contributed by atoms with Crippen molar-refractivity contribution in [3.63, 3.8) is 0 Å². The van der Waals surface area contributed by atoms with E-state index in [4.69, 9.17) is 4.52 Å². The number of hydrogen-bond acceptors (Lipinski definition) is 5. The largest absolute Gasteiger partial charge is 0.339 e. The first-order valence-electron chi connectivity index (χ1n) is 7.95. The highest BCUT2D eigenvalue weighted by molar-refractivity contribution is 5.31. The van der Waals surface area contributed by atoms with Crippen LogP contribution in [0.15, 0.2) is 47.2 Å². The molecule has 0 aliphatic heterocycles. The maximum atomic E-state index is 14.4. The van der Waals surface area contributed by atoms with Crippen LogP contribution in [-0.4, -0.2) is 27.1 Å². The topological polar surface area (TPSA) is 55.1 Å². The van der Waals surface area contributed by atoms with E-state index in [2.05, 4.69) is 15.1 Å². The molecule has 5 nitrogen and oxygen atoms in total. The van der Waals surface area contributed by atoms with Crippen molar-refractivity contribution in [3.05, 3.63) is 77.2 Å². The molecule has 0 fully saturated rings. The Balaban J connectivity index is 1.95. The van der Waals surface area contributed by atoms with Gasteiger partial charge in [-0.25, -0.2) is 8.78 Å². The third-order valence-electron chi connectivity index (χ3n) is 3.90. The summed E-state index contributed by atoms with van der Waals surface area (Å²) in [6.45, 7) is 2.27. The monoisotopic (exact) mass is 344 g/mol. The standard InChI is InChI=1S/C18H18F2N4O/c1-3-17-22-16(23-25-17)11-24(2)18(12-5-4-8-21-10-12)14-7-6-13(19)9-15(14)20/h4-10,18H,3,11H2,1-2H3/t18-/m0/s1. The highest BCUT2D eigenvalue weighted by Gasteiger charge is 2.24. The first-order chi connectivity index (χ1) is 12.1. The second-order valence-electron chi connectivity index (χ2n) is 5.73. The molecule has 130 valence electrons. The van der Waals surface area contributed by atoms with Crippen molar-refractivity contribution < 1.29 is 13.3 Å². The summed E-state index contributed by atoms with van der Waals surface area (Å²) in [5.41, 5.74) is 1.14. The van der Waals surface area contributed by atoms with Crippen LogP contribution in [0.4, 0.5) is 8.78 Å². The smallest absolute Gasteiger partial charge is 0.226 e. The van der Waals surface area contributed by atoms with Gasteiger partial charge in [-0.2, -0.15) is 4.98 Å². The molecule has 2 heterocycles. The number of aromatic nitrogens is 3. The molecule has 0 amide bonds. The van der Waals surface area contributed by atoms with Gasteiger partial charge in [0.15, 0.2) is 5.82 Å². The molecule has 0 saturated heterocycles.